The average molecular weight is 298 g/mol. The zero-order chi connectivity index (χ0) is 14.7. The summed E-state index contributed by atoms with van der Waals surface area (Å²) in [5, 5.41) is 5.42. The highest BCUT2D eigenvalue weighted by molar-refractivity contribution is 6.31. The van der Waals surface area contributed by atoms with Crippen molar-refractivity contribution in [1.82, 2.24) is 9.78 Å². The first-order valence-corrected chi connectivity index (χ1v) is 8.38. The Hall–Kier alpha value is -0.540. The van der Waals surface area contributed by atoms with E-state index in [0.717, 1.165) is 36.0 Å². The molecule has 1 saturated carbocycles. The molecular formula is C16H28ClN3. The predicted molar refractivity (Wildman–Crippen MR) is 85.0 cm³/mol. The molecule has 1 aromatic heterocycles. The Kier molecular flexibility index (Phi) is 5.50. The van der Waals surface area contributed by atoms with Crippen LogP contribution in [0.15, 0.2) is 0 Å². The maximum Gasteiger partial charge on any atom is 0.0849 e. The number of hydrogen-bond acceptors (Lipinski definition) is 2. The van der Waals surface area contributed by atoms with E-state index in [4.69, 9.17) is 17.3 Å². The SMILES string of the molecule is CCc1nn(C)c(CC2CC(CC)CCC2CN)c1Cl. The van der Waals surface area contributed by atoms with E-state index >= 15 is 0 Å². The predicted octanol–water partition coefficient (Wildman–Crippen LogP) is 3.58. The lowest BCUT2D eigenvalue weighted by molar-refractivity contribution is 0.178. The topological polar surface area (TPSA) is 43.8 Å². The van der Waals surface area contributed by atoms with Gasteiger partial charge in [0.1, 0.15) is 0 Å². The Labute approximate surface area is 127 Å². The number of halogens is 1. The zero-order valence-electron chi connectivity index (χ0n) is 13.0. The van der Waals surface area contributed by atoms with E-state index in [1.54, 1.807) is 0 Å². The molecule has 1 aliphatic rings. The van der Waals surface area contributed by atoms with Crippen LogP contribution < -0.4 is 5.73 Å². The van der Waals surface area contributed by atoms with Crippen molar-refractivity contribution in [3.63, 3.8) is 0 Å². The van der Waals surface area contributed by atoms with Crippen LogP contribution in [0.4, 0.5) is 0 Å². The van der Waals surface area contributed by atoms with Crippen LogP contribution in [0.5, 0.6) is 0 Å². The molecule has 20 heavy (non-hydrogen) atoms. The van der Waals surface area contributed by atoms with Gasteiger partial charge in [0.15, 0.2) is 0 Å². The van der Waals surface area contributed by atoms with Crippen LogP contribution in [0, 0.1) is 17.8 Å². The van der Waals surface area contributed by atoms with Crippen molar-refractivity contribution in [3.05, 3.63) is 16.4 Å². The van der Waals surface area contributed by atoms with Gasteiger partial charge in [-0.05, 0) is 50.0 Å². The number of nitrogens with two attached hydrogens (primary N) is 1. The number of rotatable bonds is 5. The second-order valence-corrected chi connectivity index (χ2v) is 6.61. The Morgan fingerprint density at radius 2 is 2.05 bits per heavy atom. The summed E-state index contributed by atoms with van der Waals surface area (Å²) in [5.74, 6) is 2.17. The first kappa shape index (κ1) is 15.8. The summed E-state index contributed by atoms with van der Waals surface area (Å²) in [6, 6.07) is 0. The molecule has 0 radical (unpaired) electrons. The van der Waals surface area contributed by atoms with Gasteiger partial charge < -0.3 is 5.73 Å². The minimum atomic E-state index is 0.647. The van der Waals surface area contributed by atoms with Crippen molar-refractivity contribution >= 4 is 11.6 Å². The molecule has 0 spiro atoms. The third kappa shape index (κ3) is 3.20. The summed E-state index contributed by atoms with van der Waals surface area (Å²) in [4.78, 5) is 0. The molecule has 2 N–H and O–H groups in total. The molecule has 1 aromatic rings. The fraction of sp³-hybridized carbons (Fsp3) is 0.812. The van der Waals surface area contributed by atoms with Gasteiger partial charge in [-0.1, -0.05) is 38.3 Å². The molecule has 0 aromatic carbocycles. The average Bonchev–Trinajstić information content (AvgIpc) is 2.74. The number of nitrogens with zero attached hydrogens (tertiary/aromatic N) is 2. The fourth-order valence-electron chi connectivity index (χ4n) is 3.64. The Morgan fingerprint density at radius 3 is 2.60 bits per heavy atom. The summed E-state index contributed by atoms with van der Waals surface area (Å²) >= 11 is 6.50. The van der Waals surface area contributed by atoms with Crippen molar-refractivity contribution in [1.29, 1.82) is 0 Å². The maximum atomic E-state index is 6.50. The van der Waals surface area contributed by atoms with Gasteiger partial charge in [-0.2, -0.15) is 5.10 Å². The summed E-state index contributed by atoms with van der Waals surface area (Å²) in [7, 11) is 2.01. The smallest absolute Gasteiger partial charge is 0.0849 e. The van der Waals surface area contributed by atoms with Crippen molar-refractivity contribution in [2.45, 2.75) is 52.4 Å². The second-order valence-electron chi connectivity index (χ2n) is 6.23. The van der Waals surface area contributed by atoms with Crippen LogP contribution in [0.2, 0.25) is 5.02 Å². The molecule has 1 aliphatic carbocycles. The zero-order valence-corrected chi connectivity index (χ0v) is 13.8. The maximum absolute atomic E-state index is 6.50. The summed E-state index contributed by atoms with van der Waals surface area (Å²) in [5.41, 5.74) is 8.21. The number of aromatic nitrogens is 2. The molecule has 0 saturated heterocycles. The standard InChI is InChI=1S/C16H28ClN3/c1-4-11-6-7-12(10-18)13(8-11)9-15-16(17)14(5-2)19-20(15)3/h11-13H,4-10,18H2,1-3H3. The van der Waals surface area contributed by atoms with Gasteiger partial charge >= 0.3 is 0 Å². The molecule has 1 heterocycles. The lowest BCUT2D eigenvalue weighted by Crippen LogP contribution is -2.32. The van der Waals surface area contributed by atoms with Gasteiger partial charge in [0, 0.05) is 7.05 Å². The third-order valence-corrected chi connectivity index (χ3v) is 5.52. The van der Waals surface area contributed by atoms with Crippen LogP contribution in [-0.2, 0) is 19.9 Å². The van der Waals surface area contributed by atoms with E-state index in [1.807, 2.05) is 11.7 Å². The van der Waals surface area contributed by atoms with Crippen LogP contribution in [-0.4, -0.2) is 16.3 Å². The first-order chi connectivity index (χ1) is 9.60. The van der Waals surface area contributed by atoms with Crippen molar-refractivity contribution in [2.24, 2.45) is 30.5 Å². The van der Waals surface area contributed by atoms with E-state index in [1.165, 1.54) is 31.4 Å². The highest BCUT2D eigenvalue weighted by Crippen LogP contribution is 2.38. The van der Waals surface area contributed by atoms with Crippen molar-refractivity contribution in [2.75, 3.05) is 6.54 Å². The highest BCUT2D eigenvalue weighted by atomic mass is 35.5. The van der Waals surface area contributed by atoms with Crippen LogP contribution in [0.25, 0.3) is 0 Å². The number of aryl methyl sites for hydroxylation is 2. The van der Waals surface area contributed by atoms with Gasteiger partial charge in [0.25, 0.3) is 0 Å². The molecule has 114 valence electrons. The molecule has 0 amide bonds. The molecule has 1 fully saturated rings. The lowest BCUT2D eigenvalue weighted by atomic mass is 9.71. The summed E-state index contributed by atoms with van der Waals surface area (Å²) in [6.45, 7) is 5.21. The van der Waals surface area contributed by atoms with Crippen LogP contribution in [0.3, 0.4) is 0 Å². The van der Waals surface area contributed by atoms with Gasteiger partial charge in [-0.3, -0.25) is 4.68 Å². The van der Waals surface area contributed by atoms with Crippen molar-refractivity contribution in [3.8, 4) is 0 Å². The molecule has 3 unspecified atom stereocenters. The first-order valence-electron chi connectivity index (χ1n) is 8.00. The second kappa shape index (κ2) is 6.95. The largest absolute Gasteiger partial charge is 0.330 e. The van der Waals surface area contributed by atoms with Gasteiger partial charge in [-0.25, -0.2) is 0 Å². The fourth-order valence-corrected chi connectivity index (χ4v) is 4.02. The molecule has 0 aliphatic heterocycles. The van der Waals surface area contributed by atoms with E-state index in [9.17, 15) is 0 Å². The molecule has 4 heteroatoms. The van der Waals surface area contributed by atoms with Crippen LogP contribution >= 0.6 is 11.6 Å². The molecule has 3 nitrogen and oxygen atoms in total. The minimum Gasteiger partial charge on any atom is -0.330 e. The lowest BCUT2D eigenvalue weighted by Gasteiger charge is -2.35. The van der Waals surface area contributed by atoms with E-state index < -0.39 is 0 Å². The third-order valence-electron chi connectivity index (χ3n) is 5.09. The molecule has 0 bridgehead atoms. The normalized spacial score (nSPS) is 26.9. The quantitative estimate of drug-likeness (QED) is 0.903. The van der Waals surface area contributed by atoms with Crippen LogP contribution in [0.1, 0.15) is 50.9 Å². The molecule has 3 atom stereocenters. The summed E-state index contributed by atoms with van der Waals surface area (Å²) < 4.78 is 1.98. The minimum absolute atomic E-state index is 0.647. The number of hydrogen-bond donors (Lipinski definition) is 1. The molecule has 2 rings (SSSR count). The van der Waals surface area contributed by atoms with Gasteiger partial charge in [0.2, 0.25) is 0 Å². The van der Waals surface area contributed by atoms with E-state index in [0.29, 0.717) is 11.8 Å². The Balaban J connectivity index is 2.16. The van der Waals surface area contributed by atoms with Gasteiger partial charge in [-0.15, -0.1) is 0 Å². The Bertz CT molecular complexity index is 441. The summed E-state index contributed by atoms with van der Waals surface area (Å²) in [6.07, 6.45) is 7.12. The van der Waals surface area contributed by atoms with E-state index in [-0.39, 0.29) is 0 Å². The van der Waals surface area contributed by atoms with Crippen molar-refractivity contribution < 1.29 is 0 Å². The highest BCUT2D eigenvalue weighted by Gasteiger charge is 2.30. The van der Waals surface area contributed by atoms with Gasteiger partial charge in [0.05, 0.1) is 16.4 Å². The Morgan fingerprint density at radius 1 is 1.30 bits per heavy atom. The monoisotopic (exact) mass is 297 g/mol. The molecular weight excluding hydrogens is 270 g/mol. The van der Waals surface area contributed by atoms with E-state index in [2.05, 4.69) is 18.9 Å².